The van der Waals surface area contributed by atoms with Crippen LogP contribution in [0.1, 0.15) is 58.6 Å². The van der Waals surface area contributed by atoms with Crippen LogP contribution in [-0.4, -0.2) is 20.3 Å². The van der Waals surface area contributed by atoms with Gasteiger partial charge in [0.15, 0.2) is 0 Å². The van der Waals surface area contributed by atoms with Crippen molar-refractivity contribution >= 4 is 6.08 Å². The smallest absolute Gasteiger partial charge is 0.126 e. The van der Waals surface area contributed by atoms with Gasteiger partial charge in [0.1, 0.15) is 5.75 Å². The minimum Gasteiger partial charge on any atom is -0.496 e. The number of hydrogen-bond acceptors (Lipinski definition) is 2. The monoisotopic (exact) mass is 306 g/mol. The van der Waals surface area contributed by atoms with Gasteiger partial charge < -0.3 is 9.47 Å². The van der Waals surface area contributed by atoms with Crippen LogP contribution in [0.25, 0.3) is 6.08 Å². The first-order valence-electron chi connectivity index (χ1n) is 8.37. The summed E-state index contributed by atoms with van der Waals surface area (Å²) in [6.45, 7) is 14.3. The first kappa shape index (κ1) is 20.7. The Balaban J connectivity index is 0.00000211. The number of methoxy groups -OCH3 is 1. The normalized spacial score (nSPS) is 11.2. The molecule has 126 valence electrons. The number of rotatable bonds is 8. The summed E-state index contributed by atoms with van der Waals surface area (Å²) in [5.41, 5.74) is 2.63. The number of ether oxygens (including phenoxy) is 2. The summed E-state index contributed by atoms with van der Waals surface area (Å²) in [5, 5.41) is 0. The standard InChI is InChI=1S/C18H28O2.C2H6/c1-6-20-14-18(3,4)12-8-7-9-16-13-15(2)10-11-17(16)19-5;1-2/h7,9-11,13H,6,8,12,14H2,1-5H3;1-2H3/b9-7+;. The summed E-state index contributed by atoms with van der Waals surface area (Å²) in [4.78, 5) is 0. The molecule has 1 rings (SSSR count). The average Bonchev–Trinajstić information content (AvgIpc) is 2.52. The Kier molecular flexibility index (Phi) is 10.7. The van der Waals surface area contributed by atoms with Crippen LogP contribution >= 0.6 is 0 Å². The van der Waals surface area contributed by atoms with Gasteiger partial charge in [-0.2, -0.15) is 0 Å². The van der Waals surface area contributed by atoms with Crippen molar-refractivity contribution in [2.75, 3.05) is 20.3 Å². The van der Waals surface area contributed by atoms with Gasteiger partial charge in [-0.25, -0.2) is 0 Å². The molecule has 0 aliphatic carbocycles. The van der Waals surface area contributed by atoms with Crippen molar-refractivity contribution < 1.29 is 9.47 Å². The van der Waals surface area contributed by atoms with Gasteiger partial charge >= 0.3 is 0 Å². The number of benzene rings is 1. The molecule has 0 N–H and O–H groups in total. The van der Waals surface area contributed by atoms with E-state index < -0.39 is 0 Å². The predicted molar refractivity (Wildman–Crippen MR) is 97.6 cm³/mol. The van der Waals surface area contributed by atoms with E-state index in [9.17, 15) is 0 Å². The van der Waals surface area contributed by atoms with Crippen LogP contribution in [0.5, 0.6) is 5.75 Å². The summed E-state index contributed by atoms with van der Waals surface area (Å²) in [7, 11) is 1.72. The molecule has 0 fully saturated rings. The molecule has 0 atom stereocenters. The first-order chi connectivity index (χ1) is 10.5. The van der Waals surface area contributed by atoms with Gasteiger partial charge in [0.25, 0.3) is 0 Å². The van der Waals surface area contributed by atoms with Crippen molar-refractivity contribution in [1.29, 1.82) is 0 Å². The molecule has 0 saturated carbocycles. The average molecular weight is 306 g/mol. The highest BCUT2D eigenvalue weighted by atomic mass is 16.5. The molecule has 2 nitrogen and oxygen atoms in total. The molecule has 0 aliphatic heterocycles. The van der Waals surface area contributed by atoms with Crippen molar-refractivity contribution in [3.63, 3.8) is 0 Å². The maximum Gasteiger partial charge on any atom is 0.126 e. The van der Waals surface area contributed by atoms with E-state index in [4.69, 9.17) is 9.47 Å². The second kappa shape index (κ2) is 11.3. The van der Waals surface area contributed by atoms with Gasteiger partial charge in [0.2, 0.25) is 0 Å². The van der Waals surface area contributed by atoms with Gasteiger partial charge in [-0.15, -0.1) is 0 Å². The molecule has 0 heterocycles. The largest absolute Gasteiger partial charge is 0.496 e. The van der Waals surface area contributed by atoms with Gasteiger partial charge in [0, 0.05) is 12.2 Å². The van der Waals surface area contributed by atoms with Crippen molar-refractivity contribution in [2.45, 2.75) is 54.4 Å². The zero-order valence-electron chi connectivity index (χ0n) is 15.5. The Labute approximate surface area is 137 Å². The van der Waals surface area contributed by atoms with Crippen LogP contribution in [0.3, 0.4) is 0 Å². The first-order valence-corrected chi connectivity index (χ1v) is 8.37. The Morgan fingerprint density at radius 1 is 1.18 bits per heavy atom. The molecule has 0 radical (unpaired) electrons. The number of aryl methyl sites for hydroxylation is 1. The molecular formula is C20H34O2. The SMILES string of the molecule is CC.CCOCC(C)(C)CC/C=C/c1cc(C)ccc1OC. The molecule has 0 aromatic heterocycles. The molecule has 22 heavy (non-hydrogen) atoms. The quantitative estimate of drug-likeness (QED) is 0.596. The van der Waals surface area contributed by atoms with Crippen LogP contribution in [0, 0.1) is 12.3 Å². The lowest BCUT2D eigenvalue weighted by Crippen LogP contribution is -2.18. The molecule has 1 aromatic rings. The minimum absolute atomic E-state index is 0.233. The lowest BCUT2D eigenvalue weighted by atomic mass is 9.88. The summed E-state index contributed by atoms with van der Waals surface area (Å²) in [6.07, 6.45) is 6.56. The van der Waals surface area contributed by atoms with Gasteiger partial charge in [-0.05, 0) is 44.2 Å². The fourth-order valence-corrected chi connectivity index (χ4v) is 2.12. The third kappa shape index (κ3) is 8.23. The number of allylic oxidation sites excluding steroid dienone is 1. The van der Waals surface area contributed by atoms with Gasteiger partial charge in [-0.3, -0.25) is 0 Å². The van der Waals surface area contributed by atoms with Crippen LogP contribution in [0.2, 0.25) is 0 Å². The maximum absolute atomic E-state index is 5.52. The van der Waals surface area contributed by atoms with Crippen LogP contribution in [0.4, 0.5) is 0 Å². The Hall–Kier alpha value is -1.28. The Morgan fingerprint density at radius 3 is 2.45 bits per heavy atom. The molecule has 0 bridgehead atoms. The Morgan fingerprint density at radius 2 is 1.86 bits per heavy atom. The van der Waals surface area contributed by atoms with Crippen molar-refractivity contribution in [2.24, 2.45) is 5.41 Å². The zero-order chi connectivity index (χ0) is 17.0. The van der Waals surface area contributed by atoms with E-state index in [1.807, 2.05) is 26.8 Å². The maximum atomic E-state index is 5.52. The van der Waals surface area contributed by atoms with Crippen molar-refractivity contribution in [3.05, 3.63) is 35.4 Å². The van der Waals surface area contributed by atoms with Crippen molar-refractivity contribution in [3.8, 4) is 5.75 Å². The second-order valence-corrected chi connectivity index (χ2v) is 5.99. The number of hydrogen-bond donors (Lipinski definition) is 0. The van der Waals surface area contributed by atoms with E-state index in [0.717, 1.165) is 37.4 Å². The van der Waals surface area contributed by atoms with Crippen LogP contribution < -0.4 is 4.74 Å². The fourth-order valence-electron chi connectivity index (χ4n) is 2.12. The third-order valence-corrected chi connectivity index (χ3v) is 3.37. The molecular weight excluding hydrogens is 272 g/mol. The van der Waals surface area contributed by atoms with Crippen LogP contribution in [0.15, 0.2) is 24.3 Å². The highest BCUT2D eigenvalue weighted by Gasteiger charge is 2.16. The molecule has 0 spiro atoms. The van der Waals surface area contributed by atoms with E-state index >= 15 is 0 Å². The summed E-state index contributed by atoms with van der Waals surface area (Å²) >= 11 is 0. The molecule has 0 amide bonds. The lowest BCUT2D eigenvalue weighted by Gasteiger charge is -2.23. The minimum atomic E-state index is 0.233. The molecule has 1 aromatic carbocycles. The van der Waals surface area contributed by atoms with Crippen molar-refractivity contribution in [1.82, 2.24) is 0 Å². The molecule has 0 aliphatic rings. The Bertz CT molecular complexity index is 433. The fraction of sp³-hybridized carbons (Fsp3) is 0.600. The van der Waals surface area contributed by atoms with Gasteiger partial charge in [0.05, 0.1) is 13.7 Å². The van der Waals surface area contributed by atoms with Crippen LogP contribution in [-0.2, 0) is 4.74 Å². The summed E-state index contributed by atoms with van der Waals surface area (Å²) in [6, 6.07) is 6.25. The highest BCUT2D eigenvalue weighted by molar-refractivity contribution is 5.58. The lowest BCUT2D eigenvalue weighted by molar-refractivity contribution is 0.0667. The predicted octanol–water partition coefficient (Wildman–Crippen LogP) is 5.89. The molecule has 2 heteroatoms. The third-order valence-electron chi connectivity index (χ3n) is 3.37. The summed E-state index contributed by atoms with van der Waals surface area (Å²) < 4.78 is 10.9. The highest BCUT2D eigenvalue weighted by Crippen LogP contribution is 2.25. The van der Waals surface area contributed by atoms with Gasteiger partial charge in [-0.1, -0.05) is 51.5 Å². The van der Waals surface area contributed by atoms with E-state index in [1.54, 1.807) is 7.11 Å². The molecule has 0 unspecified atom stereocenters. The molecule has 0 saturated heterocycles. The second-order valence-electron chi connectivity index (χ2n) is 5.99. The topological polar surface area (TPSA) is 18.5 Å². The van der Waals surface area contributed by atoms with E-state index in [2.05, 4.69) is 45.1 Å². The van der Waals surface area contributed by atoms with E-state index in [-0.39, 0.29) is 5.41 Å². The summed E-state index contributed by atoms with van der Waals surface area (Å²) in [5.74, 6) is 0.931. The van der Waals surface area contributed by atoms with E-state index in [0.29, 0.717) is 0 Å². The van der Waals surface area contributed by atoms with E-state index in [1.165, 1.54) is 5.56 Å². The zero-order valence-corrected chi connectivity index (χ0v) is 15.5.